The van der Waals surface area contributed by atoms with Crippen LogP contribution in [0.1, 0.15) is 18.4 Å². The minimum absolute atomic E-state index is 0.0356. The van der Waals surface area contributed by atoms with Crippen molar-refractivity contribution in [2.45, 2.75) is 19.1 Å². The van der Waals surface area contributed by atoms with Gasteiger partial charge in [-0.15, -0.1) is 23.0 Å². The van der Waals surface area contributed by atoms with Crippen molar-refractivity contribution >= 4 is 33.1 Å². The fourth-order valence-electron chi connectivity index (χ4n) is 1.66. The quantitative estimate of drug-likeness (QED) is 0.756. The maximum Gasteiger partial charge on any atom is 0.159 e. The van der Waals surface area contributed by atoms with Crippen molar-refractivity contribution in [3.05, 3.63) is 5.82 Å². The van der Waals surface area contributed by atoms with Gasteiger partial charge in [0, 0.05) is 6.54 Å². The lowest BCUT2D eigenvalue weighted by molar-refractivity contribution is 0.505. The van der Waals surface area contributed by atoms with Crippen LogP contribution in [0.25, 0.3) is 0 Å². The number of nitrogens with zero attached hydrogens (tertiary/aromatic N) is 4. The van der Waals surface area contributed by atoms with Crippen molar-refractivity contribution < 1.29 is 0 Å². The van der Waals surface area contributed by atoms with Gasteiger partial charge in [-0.3, -0.25) is 0 Å². The molecule has 0 radical (unpaired) electrons. The predicted molar refractivity (Wildman–Crippen MR) is 64.4 cm³/mol. The molecule has 0 bridgehead atoms. The fraction of sp³-hybridized carbons (Fsp3) is 0.800. The van der Waals surface area contributed by atoms with Crippen molar-refractivity contribution in [1.82, 2.24) is 20.2 Å². The Balaban J connectivity index is 2.28. The van der Waals surface area contributed by atoms with Crippen LogP contribution < -0.4 is 0 Å². The lowest BCUT2D eigenvalue weighted by Crippen LogP contribution is -2.01. The number of hydrogen-bond donors (Lipinski definition) is 0. The van der Waals surface area contributed by atoms with Crippen LogP contribution in [0.2, 0.25) is 0 Å². The van der Waals surface area contributed by atoms with E-state index in [2.05, 4.69) is 40.3 Å². The molecular formula is C5H12N4P4. The fourth-order valence-corrected chi connectivity index (χ4v) is 7.21. The highest BCUT2D eigenvalue weighted by atomic mass is 32.6. The first kappa shape index (κ1) is 10.3. The molecule has 6 atom stereocenters. The van der Waals surface area contributed by atoms with Crippen LogP contribution in [-0.4, -0.2) is 20.2 Å². The summed E-state index contributed by atoms with van der Waals surface area (Å²) in [7, 11) is 6.68. The first-order valence-electron chi connectivity index (χ1n) is 4.00. The van der Waals surface area contributed by atoms with E-state index in [-0.39, 0.29) is 7.30 Å². The van der Waals surface area contributed by atoms with Crippen LogP contribution in [0.4, 0.5) is 0 Å². The summed E-state index contributed by atoms with van der Waals surface area (Å²) in [6.45, 7) is 3.25. The molecule has 1 aliphatic heterocycles. The Hall–Kier alpha value is 0.790. The van der Waals surface area contributed by atoms with Gasteiger partial charge >= 0.3 is 0 Å². The van der Waals surface area contributed by atoms with Crippen LogP contribution in [0, 0.1) is 5.92 Å². The van der Waals surface area contributed by atoms with Gasteiger partial charge in [0.1, 0.15) is 0 Å². The Morgan fingerprint density at radius 2 is 2.46 bits per heavy atom. The summed E-state index contributed by atoms with van der Waals surface area (Å²) >= 11 is 0. The zero-order valence-electron chi connectivity index (χ0n) is 7.25. The monoisotopic (exact) mass is 252 g/mol. The molecule has 0 saturated heterocycles. The molecule has 1 aliphatic rings. The van der Waals surface area contributed by atoms with Crippen LogP contribution in [0.3, 0.4) is 0 Å². The van der Waals surface area contributed by atoms with Crippen LogP contribution >= 0.6 is 33.1 Å². The van der Waals surface area contributed by atoms with Gasteiger partial charge in [0.15, 0.2) is 5.82 Å². The van der Waals surface area contributed by atoms with Crippen LogP contribution in [0.5, 0.6) is 0 Å². The van der Waals surface area contributed by atoms with E-state index in [0.717, 1.165) is 20.3 Å². The SMILES string of the molecule is C[C@H]1Cn2nnnc2[C@@H]1P(P)PP. The van der Waals surface area contributed by atoms with Crippen LogP contribution in [0.15, 0.2) is 0 Å². The Bertz CT molecular complexity index is 302. The molecule has 2 heterocycles. The maximum atomic E-state index is 4.10. The van der Waals surface area contributed by atoms with Crippen molar-refractivity contribution in [2.24, 2.45) is 5.92 Å². The zero-order chi connectivity index (χ0) is 9.42. The first-order chi connectivity index (χ1) is 6.24. The average Bonchev–Trinajstić information content (AvgIpc) is 2.62. The second-order valence-corrected chi connectivity index (χ2v) is 12.7. The molecule has 0 amide bonds. The van der Waals surface area contributed by atoms with Crippen molar-refractivity contribution in [3.63, 3.8) is 0 Å². The predicted octanol–water partition coefficient (Wildman–Crippen LogP) is 2.02. The second kappa shape index (κ2) is 4.11. The lowest BCUT2D eigenvalue weighted by Gasteiger charge is -2.19. The van der Waals surface area contributed by atoms with Gasteiger partial charge in [-0.25, -0.2) is 4.68 Å². The third-order valence-corrected chi connectivity index (χ3v) is 13.3. The lowest BCUT2D eigenvalue weighted by atomic mass is 10.1. The molecule has 4 unspecified atom stereocenters. The molecule has 1 aromatic heterocycles. The third-order valence-electron chi connectivity index (χ3n) is 2.27. The third kappa shape index (κ3) is 1.80. The van der Waals surface area contributed by atoms with Crippen molar-refractivity contribution in [2.75, 3.05) is 0 Å². The molecule has 0 N–H and O–H groups in total. The largest absolute Gasteiger partial charge is 0.229 e. The Morgan fingerprint density at radius 1 is 1.69 bits per heavy atom. The summed E-state index contributed by atoms with van der Waals surface area (Å²) in [5, 5.41) is 11.8. The molecule has 0 aromatic carbocycles. The topological polar surface area (TPSA) is 43.6 Å². The van der Waals surface area contributed by atoms with Gasteiger partial charge in [-0.1, -0.05) is 22.2 Å². The van der Waals surface area contributed by atoms with Gasteiger partial charge in [0.2, 0.25) is 0 Å². The van der Waals surface area contributed by atoms with Crippen molar-refractivity contribution in [3.8, 4) is 0 Å². The molecule has 0 aliphatic carbocycles. The second-order valence-electron chi connectivity index (χ2n) is 3.18. The summed E-state index contributed by atoms with van der Waals surface area (Å²) in [6.07, 6.45) is 0. The Kier molecular flexibility index (Phi) is 3.26. The molecule has 1 aromatic rings. The van der Waals surface area contributed by atoms with E-state index in [9.17, 15) is 0 Å². The number of fused-ring (bicyclic) bond motifs is 1. The van der Waals surface area contributed by atoms with E-state index < -0.39 is 0 Å². The average molecular weight is 252 g/mol. The summed E-state index contributed by atoms with van der Waals surface area (Å²) in [5.74, 6) is 1.75. The molecule has 0 saturated carbocycles. The highest BCUT2D eigenvalue weighted by molar-refractivity contribution is 8.61. The van der Waals surface area contributed by atoms with Gasteiger partial charge in [-0.2, -0.15) is 0 Å². The number of hydrogen-bond acceptors (Lipinski definition) is 3. The van der Waals surface area contributed by atoms with E-state index in [4.69, 9.17) is 0 Å². The molecule has 4 nitrogen and oxygen atoms in total. The molecule has 0 fully saturated rings. The van der Waals surface area contributed by atoms with E-state index in [0.29, 0.717) is 11.6 Å². The van der Waals surface area contributed by atoms with E-state index >= 15 is 0 Å². The minimum atomic E-state index is -0.0356. The van der Waals surface area contributed by atoms with E-state index in [1.165, 1.54) is 0 Å². The van der Waals surface area contributed by atoms with E-state index in [1.54, 1.807) is 0 Å². The molecular weight excluding hydrogens is 240 g/mol. The number of tetrazole rings is 1. The molecule has 72 valence electrons. The van der Waals surface area contributed by atoms with Gasteiger partial charge in [0.25, 0.3) is 0 Å². The van der Waals surface area contributed by atoms with Crippen LogP contribution in [-0.2, 0) is 6.54 Å². The normalized spacial score (nSPS) is 29.8. The van der Waals surface area contributed by atoms with Gasteiger partial charge in [-0.05, 0) is 16.3 Å². The van der Waals surface area contributed by atoms with Gasteiger partial charge < -0.3 is 0 Å². The minimum Gasteiger partial charge on any atom is -0.229 e. The molecule has 13 heavy (non-hydrogen) atoms. The van der Waals surface area contributed by atoms with Crippen molar-refractivity contribution in [1.29, 1.82) is 0 Å². The number of aromatic nitrogens is 4. The first-order valence-corrected chi connectivity index (χ1v) is 10.7. The molecule has 0 spiro atoms. The highest BCUT2D eigenvalue weighted by Gasteiger charge is 2.35. The number of rotatable bonds is 2. The Labute approximate surface area is 84.6 Å². The Morgan fingerprint density at radius 3 is 3.15 bits per heavy atom. The molecule has 8 heteroatoms. The van der Waals surface area contributed by atoms with Gasteiger partial charge in [0.05, 0.1) is 5.66 Å². The standard InChI is InChI=1S/C5H12N4P4/c1-3-2-9-5(6-7-8-9)4(3)13(11)12-10/h3-4,12H,2,10-11H2,1H3/t3-,4+,13?/m0/s1. The zero-order valence-corrected chi connectivity index (χ0v) is 11.5. The summed E-state index contributed by atoms with van der Waals surface area (Å²) < 4.78 is 1.94. The maximum absolute atomic E-state index is 4.10. The summed E-state index contributed by atoms with van der Waals surface area (Å²) in [6, 6.07) is 0. The summed E-state index contributed by atoms with van der Waals surface area (Å²) in [5.41, 5.74) is 0.575. The highest BCUT2D eigenvalue weighted by Crippen LogP contribution is 2.76. The summed E-state index contributed by atoms with van der Waals surface area (Å²) in [4.78, 5) is 0. The smallest absolute Gasteiger partial charge is 0.159 e. The van der Waals surface area contributed by atoms with E-state index in [1.807, 2.05) is 4.68 Å². The molecule has 2 rings (SSSR count).